The van der Waals surface area contributed by atoms with Crippen LogP contribution in [0.25, 0.3) is 0 Å². The van der Waals surface area contributed by atoms with Crippen molar-refractivity contribution >= 4 is 6.72 Å². The topological polar surface area (TPSA) is 30.2 Å². The third-order valence-corrected chi connectivity index (χ3v) is 1.01. The Hall–Kier alpha value is -1.19. The lowest BCUT2D eigenvalue weighted by Crippen LogP contribution is -1.92. The van der Waals surface area contributed by atoms with Crippen LogP contribution in [0, 0.1) is 12.9 Å². The third-order valence-electron chi connectivity index (χ3n) is 1.01. The Labute approximate surface area is 51.8 Å². The average molecular weight is 127 g/mol. The van der Waals surface area contributed by atoms with Gasteiger partial charge < -0.3 is 0 Å². The number of hydrogen-bond acceptors (Lipinski definition) is 2. The molecule has 3 nitrogen and oxygen atoms in total. The molecule has 0 aliphatic carbocycles. The van der Waals surface area contributed by atoms with Gasteiger partial charge in [-0.1, -0.05) is 0 Å². The molecule has 0 aliphatic rings. The summed E-state index contributed by atoms with van der Waals surface area (Å²) < 4.78 is 13.4. The molecule has 0 N–H and O–H groups in total. The standard InChI is InChI=1S/C5H6FN3/c1-4-8-3-5(6)9(4)7-2/h3H,2H2,1H3. The Balaban J connectivity index is 3.22. The van der Waals surface area contributed by atoms with Crippen molar-refractivity contribution in [3.8, 4) is 0 Å². The van der Waals surface area contributed by atoms with E-state index >= 15 is 0 Å². The second-order valence-corrected chi connectivity index (χ2v) is 1.58. The highest BCUT2D eigenvalue weighted by atomic mass is 19.1. The fraction of sp³-hybridized carbons (Fsp3) is 0.200. The number of aryl methyl sites for hydroxylation is 1. The summed E-state index contributed by atoms with van der Waals surface area (Å²) in [5, 5.41) is 3.36. The van der Waals surface area contributed by atoms with E-state index in [1.165, 1.54) is 0 Å². The number of halogens is 1. The first kappa shape index (κ1) is 5.94. The summed E-state index contributed by atoms with van der Waals surface area (Å²) in [7, 11) is 0. The zero-order chi connectivity index (χ0) is 6.85. The summed E-state index contributed by atoms with van der Waals surface area (Å²) in [6.45, 7) is 4.81. The van der Waals surface area contributed by atoms with Crippen molar-refractivity contribution in [3.05, 3.63) is 18.0 Å². The maximum atomic E-state index is 12.4. The fourth-order valence-electron chi connectivity index (χ4n) is 0.581. The molecule has 0 unspecified atom stereocenters. The molecule has 1 aromatic rings. The normalized spacial score (nSPS) is 9.56. The van der Waals surface area contributed by atoms with Crippen LogP contribution in [0.3, 0.4) is 0 Å². The minimum Gasteiger partial charge on any atom is -0.237 e. The Morgan fingerprint density at radius 1 is 1.89 bits per heavy atom. The molecular weight excluding hydrogens is 121 g/mol. The van der Waals surface area contributed by atoms with Crippen molar-refractivity contribution in [1.82, 2.24) is 9.66 Å². The van der Waals surface area contributed by atoms with Crippen LogP contribution in [0.15, 0.2) is 11.3 Å². The third kappa shape index (κ3) is 0.826. The molecule has 0 saturated heterocycles. The molecule has 48 valence electrons. The SMILES string of the molecule is C=Nn1c(F)cnc1C. The van der Waals surface area contributed by atoms with Crippen molar-refractivity contribution in [2.45, 2.75) is 6.92 Å². The molecule has 4 heteroatoms. The van der Waals surface area contributed by atoms with E-state index in [9.17, 15) is 4.39 Å². The molecule has 9 heavy (non-hydrogen) atoms. The second kappa shape index (κ2) is 1.97. The summed E-state index contributed by atoms with van der Waals surface area (Å²) in [6.07, 6.45) is 1.10. The van der Waals surface area contributed by atoms with Gasteiger partial charge in [-0.15, -0.1) is 0 Å². The molecule has 0 atom stereocenters. The monoisotopic (exact) mass is 127 g/mol. The Kier molecular flexibility index (Phi) is 1.30. The van der Waals surface area contributed by atoms with Crippen LogP contribution < -0.4 is 0 Å². The van der Waals surface area contributed by atoms with Gasteiger partial charge in [0, 0.05) is 6.72 Å². The van der Waals surface area contributed by atoms with Crippen molar-refractivity contribution < 1.29 is 4.39 Å². The largest absolute Gasteiger partial charge is 0.237 e. The van der Waals surface area contributed by atoms with Crippen molar-refractivity contribution in [1.29, 1.82) is 0 Å². The van der Waals surface area contributed by atoms with Crippen molar-refractivity contribution in [2.24, 2.45) is 5.10 Å². The highest BCUT2D eigenvalue weighted by Gasteiger charge is 2.00. The van der Waals surface area contributed by atoms with Crippen molar-refractivity contribution in [2.75, 3.05) is 0 Å². The lowest BCUT2D eigenvalue weighted by atomic mass is 10.7. The molecule has 0 saturated carbocycles. The molecule has 0 bridgehead atoms. The number of hydrogen-bond donors (Lipinski definition) is 0. The molecule has 0 spiro atoms. The van der Waals surface area contributed by atoms with Crippen LogP contribution in [-0.2, 0) is 0 Å². The number of imidazole rings is 1. The molecule has 0 amide bonds. The predicted octanol–water partition coefficient (Wildman–Crippen LogP) is 0.794. The number of aromatic nitrogens is 2. The van der Waals surface area contributed by atoms with E-state index in [0.29, 0.717) is 5.82 Å². The Morgan fingerprint density at radius 3 is 2.78 bits per heavy atom. The summed E-state index contributed by atoms with van der Waals surface area (Å²) in [4.78, 5) is 3.64. The maximum Gasteiger partial charge on any atom is 0.234 e. The molecule has 0 aromatic carbocycles. The van der Waals surface area contributed by atoms with Crippen LogP contribution in [0.1, 0.15) is 5.82 Å². The zero-order valence-electron chi connectivity index (χ0n) is 5.00. The van der Waals surface area contributed by atoms with Gasteiger partial charge in [0.05, 0.1) is 6.20 Å². The minimum atomic E-state index is -0.484. The average Bonchev–Trinajstić information content (AvgIpc) is 2.12. The van der Waals surface area contributed by atoms with E-state index in [0.717, 1.165) is 10.9 Å². The van der Waals surface area contributed by atoms with E-state index in [1.807, 2.05) is 0 Å². The van der Waals surface area contributed by atoms with Crippen LogP contribution in [0.5, 0.6) is 0 Å². The van der Waals surface area contributed by atoms with Gasteiger partial charge in [-0.2, -0.15) is 14.2 Å². The lowest BCUT2D eigenvalue weighted by molar-refractivity contribution is 0.525. The molecular formula is C5H6FN3. The molecule has 0 fully saturated rings. The van der Waals surface area contributed by atoms with Gasteiger partial charge in [-0.3, -0.25) is 0 Å². The van der Waals surface area contributed by atoms with Crippen LogP contribution in [-0.4, -0.2) is 16.4 Å². The zero-order valence-corrected chi connectivity index (χ0v) is 5.00. The van der Waals surface area contributed by atoms with E-state index in [1.54, 1.807) is 6.92 Å². The van der Waals surface area contributed by atoms with E-state index in [2.05, 4.69) is 16.8 Å². The van der Waals surface area contributed by atoms with Crippen LogP contribution in [0.4, 0.5) is 4.39 Å². The summed E-state index contributed by atoms with van der Waals surface area (Å²) in [6, 6.07) is 0. The summed E-state index contributed by atoms with van der Waals surface area (Å²) in [5.74, 6) is 0.0185. The molecule has 0 aliphatic heterocycles. The van der Waals surface area contributed by atoms with Gasteiger partial charge in [-0.25, -0.2) is 4.98 Å². The highest BCUT2D eigenvalue weighted by molar-refractivity contribution is 5.23. The van der Waals surface area contributed by atoms with Gasteiger partial charge in [0.15, 0.2) is 0 Å². The maximum absolute atomic E-state index is 12.4. The first-order valence-corrected chi connectivity index (χ1v) is 2.42. The molecule has 0 radical (unpaired) electrons. The molecule has 1 heterocycles. The molecule has 1 rings (SSSR count). The van der Waals surface area contributed by atoms with E-state index in [4.69, 9.17) is 0 Å². The van der Waals surface area contributed by atoms with E-state index in [-0.39, 0.29) is 0 Å². The smallest absolute Gasteiger partial charge is 0.234 e. The van der Waals surface area contributed by atoms with Gasteiger partial charge in [0.2, 0.25) is 5.95 Å². The Bertz CT molecular complexity index is 209. The Morgan fingerprint density at radius 2 is 2.56 bits per heavy atom. The molecule has 1 aromatic heterocycles. The number of rotatable bonds is 1. The quantitative estimate of drug-likeness (QED) is 0.513. The summed E-state index contributed by atoms with van der Waals surface area (Å²) in [5.41, 5.74) is 0. The van der Waals surface area contributed by atoms with Gasteiger partial charge in [0.25, 0.3) is 0 Å². The van der Waals surface area contributed by atoms with Gasteiger partial charge in [-0.05, 0) is 6.92 Å². The number of nitrogens with zero attached hydrogens (tertiary/aromatic N) is 3. The minimum absolute atomic E-state index is 0.484. The van der Waals surface area contributed by atoms with Crippen molar-refractivity contribution in [3.63, 3.8) is 0 Å². The predicted molar refractivity (Wildman–Crippen MR) is 31.9 cm³/mol. The summed E-state index contributed by atoms with van der Waals surface area (Å²) >= 11 is 0. The van der Waals surface area contributed by atoms with Gasteiger partial charge in [0.1, 0.15) is 5.82 Å². The van der Waals surface area contributed by atoms with Crippen LogP contribution in [0.2, 0.25) is 0 Å². The first-order chi connectivity index (χ1) is 4.25. The first-order valence-electron chi connectivity index (χ1n) is 2.42. The second-order valence-electron chi connectivity index (χ2n) is 1.58. The fourth-order valence-corrected chi connectivity index (χ4v) is 0.581. The van der Waals surface area contributed by atoms with E-state index < -0.39 is 5.95 Å². The lowest BCUT2D eigenvalue weighted by Gasteiger charge is -1.91. The van der Waals surface area contributed by atoms with Crippen LogP contribution >= 0.6 is 0 Å². The highest BCUT2D eigenvalue weighted by Crippen LogP contribution is 1.99. The van der Waals surface area contributed by atoms with Gasteiger partial charge >= 0.3 is 0 Å².